The predicted molar refractivity (Wildman–Crippen MR) is 102 cm³/mol. The van der Waals surface area contributed by atoms with Crippen LogP contribution in [0.25, 0.3) is 11.3 Å². The van der Waals surface area contributed by atoms with Crippen LogP contribution in [-0.4, -0.2) is 17.0 Å². The summed E-state index contributed by atoms with van der Waals surface area (Å²) in [5.74, 6) is -2.46. The molecule has 0 atom stereocenters. The molecule has 1 heterocycles. The maximum atomic E-state index is 12.4. The van der Waals surface area contributed by atoms with Gasteiger partial charge in [0.15, 0.2) is 5.76 Å². The van der Waals surface area contributed by atoms with Crippen LogP contribution in [-0.2, 0) is 4.79 Å². The Kier molecular flexibility index (Phi) is 5.39. The minimum Gasteiger partial charge on any atom is -0.502 e. The zero-order valence-electron chi connectivity index (χ0n) is 14.0. The standard InChI is InChI=1S/C19H13Cl2NO5/c1-10(23)26-17-15(24)16(14-12(20)8-5-9-13(14)21)27-19(17)22-18(25)11-6-3-2-4-7-11/h2-9,24H,1H3,(H,22,25). The van der Waals surface area contributed by atoms with Gasteiger partial charge in [-0.15, -0.1) is 0 Å². The average molecular weight is 406 g/mol. The van der Waals surface area contributed by atoms with Crippen LogP contribution in [0.2, 0.25) is 10.0 Å². The van der Waals surface area contributed by atoms with E-state index >= 15 is 0 Å². The molecule has 2 aromatic carbocycles. The van der Waals surface area contributed by atoms with Crippen molar-refractivity contribution in [3.63, 3.8) is 0 Å². The summed E-state index contributed by atoms with van der Waals surface area (Å²) in [7, 11) is 0. The first kappa shape index (κ1) is 18.8. The summed E-state index contributed by atoms with van der Waals surface area (Å²) in [4.78, 5) is 23.8. The molecule has 2 N–H and O–H groups in total. The van der Waals surface area contributed by atoms with E-state index in [2.05, 4.69) is 5.32 Å². The normalized spacial score (nSPS) is 10.5. The van der Waals surface area contributed by atoms with Crippen LogP contribution < -0.4 is 10.1 Å². The fourth-order valence-corrected chi connectivity index (χ4v) is 2.95. The van der Waals surface area contributed by atoms with Gasteiger partial charge in [0.05, 0.1) is 15.6 Å². The summed E-state index contributed by atoms with van der Waals surface area (Å²) in [6.07, 6.45) is 0. The number of hydrogen-bond acceptors (Lipinski definition) is 5. The van der Waals surface area contributed by atoms with Crippen LogP contribution in [0.1, 0.15) is 17.3 Å². The van der Waals surface area contributed by atoms with Crippen molar-refractivity contribution in [2.24, 2.45) is 0 Å². The van der Waals surface area contributed by atoms with Gasteiger partial charge in [-0.1, -0.05) is 47.5 Å². The summed E-state index contributed by atoms with van der Waals surface area (Å²) >= 11 is 12.3. The molecule has 0 spiro atoms. The lowest BCUT2D eigenvalue weighted by Gasteiger charge is -2.04. The number of furan rings is 1. The Morgan fingerprint density at radius 2 is 1.67 bits per heavy atom. The molecule has 0 aliphatic carbocycles. The molecule has 27 heavy (non-hydrogen) atoms. The predicted octanol–water partition coefficient (Wildman–Crippen LogP) is 5.14. The van der Waals surface area contributed by atoms with Gasteiger partial charge < -0.3 is 14.3 Å². The van der Waals surface area contributed by atoms with E-state index in [1.165, 1.54) is 0 Å². The zero-order valence-corrected chi connectivity index (χ0v) is 15.5. The van der Waals surface area contributed by atoms with E-state index in [-0.39, 0.29) is 33.0 Å². The van der Waals surface area contributed by atoms with Gasteiger partial charge in [0.2, 0.25) is 17.4 Å². The van der Waals surface area contributed by atoms with E-state index in [0.717, 1.165) is 6.92 Å². The molecular formula is C19H13Cl2NO5. The third kappa shape index (κ3) is 3.92. The molecular weight excluding hydrogens is 393 g/mol. The smallest absolute Gasteiger partial charge is 0.308 e. The molecule has 0 aliphatic heterocycles. The van der Waals surface area contributed by atoms with Crippen molar-refractivity contribution in [2.75, 3.05) is 5.32 Å². The molecule has 0 bridgehead atoms. The number of ether oxygens (including phenoxy) is 1. The van der Waals surface area contributed by atoms with E-state index in [1.54, 1.807) is 48.5 Å². The average Bonchev–Trinajstić information content (AvgIpc) is 2.91. The fraction of sp³-hybridized carbons (Fsp3) is 0.0526. The van der Waals surface area contributed by atoms with Gasteiger partial charge >= 0.3 is 5.97 Å². The lowest BCUT2D eigenvalue weighted by atomic mass is 10.1. The first-order valence-electron chi connectivity index (χ1n) is 7.73. The Bertz CT molecular complexity index is 994. The molecule has 6 nitrogen and oxygen atoms in total. The van der Waals surface area contributed by atoms with E-state index in [9.17, 15) is 14.7 Å². The van der Waals surface area contributed by atoms with Crippen molar-refractivity contribution in [3.05, 3.63) is 64.1 Å². The number of rotatable bonds is 4. The van der Waals surface area contributed by atoms with Crippen LogP contribution in [0.15, 0.2) is 52.9 Å². The van der Waals surface area contributed by atoms with Gasteiger partial charge in [0.25, 0.3) is 5.91 Å². The topological polar surface area (TPSA) is 88.8 Å². The van der Waals surface area contributed by atoms with Crippen molar-refractivity contribution in [2.45, 2.75) is 6.92 Å². The number of benzene rings is 2. The maximum absolute atomic E-state index is 12.4. The van der Waals surface area contributed by atoms with Crippen LogP contribution >= 0.6 is 23.2 Å². The summed E-state index contributed by atoms with van der Waals surface area (Å²) < 4.78 is 10.6. The molecule has 1 amide bonds. The number of halogens is 2. The monoisotopic (exact) mass is 405 g/mol. The van der Waals surface area contributed by atoms with E-state index in [1.807, 2.05) is 0 Å². The zero-order chi connectivity index (χ0) is 19.6. The minimum absolute atomic E-state index is 0.134. The van der Waals surface area contributed by atoms with Crippen molar-refractivity contribution < 1.29 is 23.8 Å². The second kappa shape index (κ2) is 7.73. The highest BCUT2D eigenvalue weighted by Gasteiger charge is 2.28. The minimum atomic E-state index is -0.710. The highest BCUT2D eigenvalue weighted by Crippen LogP contribution is 2.49. The molecule has 8 heteroatoms. The molecule has 0 radical (unpaired) electrons. The SMILES string of the molecule is CC(=O)Oc1c(NC(=O)c2ccccc2)oc(-c2c(Cl)cccc2Cl)c1O. The molecule has 3 aromatic rings. The summed E-state index contributed by atoms with van der Waals surface area (Å²) in [5, 5.41) is 13.4. The van der Waals surface area contributed by atoms with E-state index in [4.69, 9.17) is 32.4 Å². The van der Waals surface area contributed by atoms with Gasteiger partial charge in [-0.2, -0.15) is 0 Å². The molecule has 0 fully saturated rings. The molecule has 0 aliphatic rings. The number of anilines is 1. The van der Waals surface area contributed by atoms with Crippen LogP contribution in [0.3, 0.4) is 0 Å². The van der Waals surface area contributed by atoms with Gasteiger partial charge in [-0.05, 0) is 24.3 Å². The number of hydrogen-bond donors (Lipinski definition) is 2. The van der Waals surface area contributed by atoms with Crippen LogP contribution in [0.4, 0.5) is 5.88 Å². The Labute approximate surface area is 164 Å². The lowest BCUT2D eigenvalue weighted by molar-refractivity contribution is -0.132. The molecule has 0 saturated carbocycles. The second-order valence-electron chi connectivity index (χ2n) is 5.45. The van der Waals surface area contributed by atoms with Gasteiger partial charge in [-0.3, -0.25) is 14.9 Å². The third-order valence-corrected chi connectivity index (χ3v) is 4.17. The van der Waals surface area contributed by atoms with Crippen molar-refractivity contribution in [1.29, 1.82) is 0 Å². The van der Waals surface area contributed by atoms with Gasteiger partial charge in [-0.25, -0.2) is 0 Å². The largest absolute Gasteiger partial charge is 0.502 e. The Morgan fingerprint density at radius 3 is 2.26 bits per heavy atom. The molecule has 0 saturated heterocycles. The van der Waals surface area contributed by atoms with Gasteiger partial charge in [0, 0.05) is 12.5 Å². The first-order valence-corrected chi connectivity index (χ1v) is 8.49. The summed E-state index contributed by atoms with van der Waals surface area (Å²) in [6.45, 7) is 1.15. The second-order valence-corrected chi connectivity index (χ2v) is 6.26. The summed E-state index contributed by atoms with van der Waals surface area (Å²) in [6, 6.07) is 13.1. The maximum Gasteiger partial charge on any atom is 0.308 e. The molecule has 138 valence electrons. The Morgan fingerprint density at radius 1 is 1.04 bits per heavy atom. The number of carbonyl (C=O) groups excluding carboxylic acids is 2. The number of aromatic hydroxyl groups is 1. The van der Waals surface area contributed by atoms with E-state index in [0.29, 0.717) is 5.56 Å². The Balaban J connectivity index is 2.08. The number of esters is 1. The third-order valence-electron chi connectivity index (χ3n) is 3.54. The number of carbonyl (C=O) groups is 2. The molecule has 0 unspecified atom stereocenters. The Hall–Kier alpha value is -2.96. The highest BCUT2D eigenvalue weighted by atomic mass is 35.5. The summed E-state index contributed by atoms with van der Waals surface area (Å²) in [5.41, 5.74) is 0.548. The number of nitrogens with one attached hydrogen (secondary N) is 1. The van der Waals surface area contributed by atoms with Crippen molar-refractivity contribution in [1.82, 2.24) is 0 Å². The van der Waals surface area contributed by atoms with Gasteiger partial charge in [0.1, 0.15) is 0 Å². The van der Waals surface area contributed by atoms with Crippen molar-refractivity contribution >= 4 is 41.0 Å². The highest BCUT2D eigenvalue weighted by molar-refractivity contribution is 6.39. The molecule has 3 rings (SSSR count). The first-order chi connectivity index (χ1) is 12.9. The van der Waals surface area contributed by atoms with Crippen LogP contribution in [0.5, 0.6) is 11.5 Å². The quantitative estimate of drug-likeness (QED) is 0.586. The van der Waals surface area contributed by atoms with Crippen molar-refractivity contribution in [3.8, 4) is 22.8 Å². The molecule has 1 aromatic heterocycles. The van der Waals surface area contributed by atoms with E-state index < -0.39 is 17.6 Å². The van der Waals surface area contributed by atoms with Crippen LogP contribution in [0, 0.1) is 0 Å². The fourth-order valence-electron chi connectivity index (χ4n) is 2.38. The number of amides is 1. The lowest BCUT2D eigenvalue weighted by Crippen LogP contribution is -2.12.